The molecule has 3 aromatic carbocycles. The smallest absolute Gasteiger partial charge is 0.251 e. The zero-order valence-corrected chi connectivity index (χ0v) is 14.5. The van der Waals surface area contributed by atoms with Crippen molar-refractivity contribution in [2.24, 2.45) is 0 Å². The average Bonchev–Trinajstić information content (AvgIpc) is 3.31. The van der Waals surface area contributed by atoms with E-state index in [9.17, 15) is 13.6 Å². The molecule has 0 fully saturated rings. The number of aromatic nitrogens is 3. The van der Waals surface area contributed by atoms with Gasteiger partial charge in [-0.2, -0.15) is 5.10 Å². The molecule has 0 aliphatic heterocycles. The molecule has 0 saturated carbocycles. The molecule has 0 aliphatic rings. The van der Waals surface area contributed by atoms with Crippen molar-refractivity contribution in [3.63, 3.8) is 0 Å². The molecule has 5 aromatic rings. The molecular formula is C21H14F2N4O. The van der Waals surface area contributed by atoms with Crippen LogP contribution < -0.4 is 5.32 Å². The standard InChI is InChI=1S/C21H14F2N4O/c22-14-3-5-17(23)13(7-14)9-24-21(28)11-2-6-18-16(8-11)15-4-1-12-10-25-27-19(12)20(15)26-18/h1-8,10,26H,9H2,(H,24,28)(H,25,27). The predicted octanol–water partition coefficient (Wildman–Crippen LogP) is 4.41. The highest BCUT2D eigenvalue weighted by Crippen LogP contribution is 2.30. The lowest BCUT2D eigenvalue weighted by Gasteiger charge is -2.07. The number of nitrogens with zero attached hydrogens (tertiary/aromatic N) is 1. The number of amides is 1. The van der Waals surface area contributed by atoms with Crippen LogP contribution in [0.3, 0.4) is 0 Å². The number of hydrogen-bond acceptors (Lipinski definition) is 2. The first kappa shape index (κ1) is 16.4. The molecule has 28 heavy (non-hydrogen) atoms. The van der Waals surface area contributed by atoms with Crippen LogP contribution in [0.5, 0.6) is 0 Å². The monoisotopic (exact) mass is 376 g/mol. The Kier molecular flexibility index (Phi) is 3.61. The fourth-order valence-corrected chi connectivity index (χ4v) is 3.48. The fourth-order valence-electron chi connectivity index (χ4n) is 3.48. The van der Waals surface area contributed by atoms with E-state index in [0.717, 1.165) is 50.9 Å². The summed E-state index contributed by atoms with van der Waals surface area (Å²) >= 11 is 0. The van der Waals surface area contributed by atoms with Crippen LogP contribution in [0, 0.1) is 11.6 Å². The molecule has 0 bridgehead atoms. The number of rotatable bonds is 3. The number of hydrogen-bond donors (Lipinski definition) is 3. The molecule has 0 radical (unpaired) electrons. The molecule has 2 heterocycles. The van der Waals surface area contributed by atoms with E-state index in [1.807, 2.05) is 18.2 Å². The Morgan fingerprint density at radius 3 is 2.79 bits per heavy atom. The van der Waals surface area contributed by atoms with Crippen LogP contribution >= 0.6 is 0 Å². The van der Waals surface area contributed by atoms with Crippen molar-refractivity contribution in [3.05, 3.63) is 77.5 Å². The number of H-pyrrole nitrogens is 2. The van der Waals surface area contributed by atoms with Crippen LogP contribution in [0.2, 0.25) is 0 Å². The second kappa shape index (κ2) is 6.16. The summed E-state index contributed by atoms with van der Waals surface area (Å²) in [6, 6.07) is 12.4. The molecule has 0 saturated heterocycles. The highest BCUT2D eigenvalue weighted by molar-refractivity contribution is 6.16. The Morgan fingerprint density at radius 1 is 1.00 bits per heavy atom. The van der Waals surface area contributed by atoms with Gasteiger partial charge in [0, 0.05) is 39.3 Å². The minimum atomic E-state index is -0.558. The zero-order valence-electron chi connectivity index (χ0n) is 14.5. The number of benzene rings is 3. The number of nitrogens with one attached hydrogen (secondary N) is 3. The molecule has 5 nitrogen and oxygen atoms in total. The normalized spacial score (nSPS) is 11.5. The third-order valence-corrected chi connectivity index (χ3v) is 4.90. The maximum Gasteiger partial charge on any atom is 0.251 e. The van der Waals surface area contributed by atoms with Gasteiger partial charge in [-0.1, -0.05) is 12.1 Å². The van der Waals surface area contributed by atoms with E-state index in [2.05, 4.69) is 20.5 Å². The zero-order chi connectivity index (χ0) is 19.3. The van der Waals surface area contributed by atoms with Gasteiger partial charge in [-0.15, -0.1) is 0 Å². The molecule has 1 amide bonds. The van der Waals surface area contributed by atoms with Gasteiger partial charge >= 0.3 is 0 Å². The topological polar surface area (TPSA) is 73.6 Å². The summed E-state index contributed by atoms with van der Waals surface area (Å²) in [5.41, 5.74) is 3.26. The maximum atomic E-state index is 13.7. The van der Waals surface area contributed by atoms with E-state index in [-0.39, 0.29) is 18.0 Å². The minimum absolute atomic E-state index is 0.0941. The van der Waals surface area contributed by atoms with Gasteiger partial charge < -0.3 is 10.3 Å². The molecule has 3 N–H and O–H groups in total. The number of carbonyl (C=O) groups is 1. The van der Waals surface area contributed by atoms with Gasteiger partial charge in [-0.25, -0.2) is 8.78 Å². The number of carbonyl (C=O) groups excluding carboxylic acids is 1. The first-order valence-corrected chi connectivity index (χ1v) is 8.70. The number of fused-ring (bicyclic) bond motifs is 5. The third kappa shape index (κ3) is 2.60. The lowest BCUT2D eigenvalue weighted by molar-refractivity contribution is 0.0950. The van der Waals surface area contributed by atoms with E-state index in [0.29, 0.717) is 5.56 Å². The van der Waals surface area contributed by atoms with Gasteiger partial charge in [0.1, 0.15) is 11.6 Å². The van der Waals surface area contributed by atoms with Crippen LogP contribution in [0.4, 0.5) is 8.78 Å². The Balaban J connectivity index is 1.49. The largest absolute Gasteiger partial charge is 0.353 e. The maximum absolute atomic E-state index is 13.7. The summed E-state index contributed by atoms with van der Waals surface area (Å²) in [5.74, 6) is -1.46. The lowest BCUT2D eigenvalue weighted by atomic mass is 10.1. The van der Waals surface area contributed by atoms with E-state index < -0.39 is 11.6 Å². The van der Waals surface area contributed by atoms with Crippen molar-refractivity contribution < 1.29 is 13.6 Å². The Hall–Kier alpha value is -3.74. The second-order valence-electron chi connectivity index (χ2n) is 6.63. The van der Waals surface area contributed by atoms with Crippen molar-refractivity contribution in [2.75, 3.05) is 0 Å². The van der Waals surface area contributed by atoms with Crippen molar-refractivity contribution in [2.45, 2.75) is 6.54 Å². The van der Waals surface area contributed by atoms with E-state index in [1.54, 1.807) is 18.3 Å². The van der Waals surface area contributed by atoms with Crippen molar-refractivity contribution in [1.29, 1.82) is 0 Å². The lowest BCUT2D eigenvalue weighted by Crippen LogP contribution is -2.23. The first-order chi connectivity index (χ1) is 13.6. The molecule has 0 aliphatic carbocycles. The summed E-state index contributed by atoms with van der Waals surface area (Å²) in [6.45, 7) is -0.0941. The molecule has 0 unspecified atom stereocenters. The molecule has 7 heteroatoms. The van der Waals surface area contributed by atoms with Crippen molar-refractivity contribution in [3.8, 4) is 0 Å². The number of halogens is 2. The predicted molar refractivity (Wildman–Crippen MR) is 103 cm³/mol. The summed E-state index contributed by atoms with van der Waals surface area (Å²) in [7, 11) is 0. The first-order valence-electron chi connectivity index (χ1n) is 8.70. The molecule has 5 rings (SSSR count). The van der Waals surface area contributed by atoms with Gasteiger partial charge in [0.05, 0.1) is 17.2 Å². The van der Waals surface area contributed by atoms with Gasteiger partial charge in [0.15, 0.2) is 0 Å². The molecule has 138 valence electrons. The van der Waals surface area contributed by atoms with Crippen molar-refractivity contribution >= 4 is 38.6 Å². The molecule has 0 atom stereocenters. The molecule has 2 aromatic heterocycles. The summed E-state index contributed by atoms with van der Waals surface area (Å²) in [5, 5.41) is 12.6. The average molecular weight is 376 g/mol. The highest BCUT2D eigenvalue weighted by Gasteiger charge is 2.13. The Bertz CT molecular complexity index is 1370. The summed E-state index contributed by atoms with van der Waals surface area (Å²) in [4.78, 5) is 15.9. The SMILES string of the molecule is O=C(NCc1cc(F)ccc1F)c1ccc2[nH]c3c(ccc4cn[nH]c43)c2c1. The second-order valence-corrected chi connectivity index (χ2v) is 6.63. The van der Waals surface area contributed by atoms with E-state index >= 15 is 0 Å². The van der Waals surface area contributed by atoms with E-state index in [1.165, 1.54) is 0 Å². The fraction of sp³-hybridized carbons (Fsp3) is 0.0476. The van der Waals surface area contributed by atoms with Crippen LogP contribution in [-0.4, -0.2) is 21.1 Å². The third-order valence-electron chi connectivity index (χ3n) is 4.90. The summed E-state index contributed by atoms with van der Waals surface area (Å²) < 4.78 is 27.0. The number of aromatic amines is 2. The van der Waals surface area contributed by atoms with Gasteiger partial charge in [-0.05, 0) is 36.4 Å². The Morgan fingerprint density at radius 2 is 1.89 bits per heavy atom. The van der Waals surface area contributed by atoms with Crippen molar-refractivity contribution in [1.82, 2.24) is 20.5 Å². The van der Waals surface area contributed by atoms with Crippen LogP contribution in [0.1, 0.15) is 15.9 Å². The Labute approximate surface area is 157 Å². The van der Waals surface area contributed by atoms with Gasteiger partial charge in [0.2, 0.25) is 0 Å². The van der Waals surface area contributed by atoms with Gasteiger partial charge in [0.25, 0.3) is 5.91 Å². The highest BCUT2D eigenvalue weighted by atomic mass is 19.1. The minimum Gasteiger partial charge on any atom is -0.353 e. The van der Waals surface area contributed by atoms with Crippen LogP contribution in [0.15, 0.2) is 54.7 Å². The van der Waals surface area contributed by atoms with E-state index in [4.69, 9.17) is 0 Å². The summed E-state index contributed by atoms with van der Waals surface area (Å²) in [6.07, 6.45) is 1.75. The molecular weight excluding hydrogens is 362 g/mol. The van der Waals surface area contributed by atoms with Crippen LogP contribution in [-0.2, 0) is 6.54 Å². The van der Waals surface area contributed by atoms with Crippen LogP contribution in [0.25, 0.3) is 32.7 Å². The quantitative estimate of drug-likeness (QED) is 0.436. The van der Waals surface area contributed by atoms with Gasteiger partial charge in [-0.3, -0.25) is 9.89 Å². The molecule has 0 spiro atoms.